The van der Waals surface area contributed by atoms with Gasteiger partial charge >= 0.3 is 0 Å². The van der Waals surface area contributed by atoms with E-state index >= 15 is 0 Å². The lowest BCUT2D eigenvalue weighted by molar-refractivity contribution is -0.140. The number of ether oxygens (including phenoxy) is 1. The third kappa shape index (κ3) is 4.85. The molecule has 0 unspecified atom stereocenters. The first-order chi connectivity index (χ1) is 14.1. The summed E-state index contributed by atoms with van der Waals surface area (Å²) in [7, 11) is 0. The van der Waals surface area contributed by atoms with Crippen molar-refractivity contribution in [3.05, 3.63) is 71.0 Å². The van der Waals surface area contributed by atoms with Gasteiger partial charge in [0.05, 0.1) is 13.2 Å². The summed E-state index contributed by atoms with van der Waals surface area (Å²) in [5.41, 5.74) is 3.56. The Morgan fingerprint density at radius 1 is 1.14 bits per heavy atom. The Morgan fingerprint density at radius 3 is 2.62 bits per heavy atom. The van der Waals surface area contributed by atoms with Gasteiger partial charge in [0, 0.05) is 31.6 Å². The lowest BCUT2D eigenvalue weighted by atomic mass is 9.88. The Balaban J connectivity index is 1.48. The molecule has 154 valence electrons. The highest BCUT2D eigenvalue weighted by atomic mass is 19.1. The number of hydrogen-bond acceptors (Lipinski definition) is 3. The number of morpholine rings is 1. The zero-order chi connectivity index (χ0) is 20.2. The van der Waals surface area contributed by atoms with Crippen molar-refractivity contribution in [3.63, 3.8) is 0 Å². The van der Waals surface area contributed by atoms with Crippen LogP contribution in [0.3, 0.4) is 0 Å². The first-order valence-electron chi connectivity index (χ1n) is 10.5. The van der Waals surface area contributed by atoms with Gasteiger partial charge in [-0.15, -0.1) is 0 Å². The van der Waals surface area contributed by atoms with Crippen molar-refractivity contribution in [2.75, 3.05) is 26.3 Å². The fourth-order valence-corrected chi connectivity index (χ4v) is 4.66. The van der Waals surface area contributed by atoms with Gasteiger partial charge in [-0.2, -0.15) is 0 Å². The number of carbonyl (C=O) groups excluding carboxylic acids is 1. The summed E-state index contributed by atoms with van der Waals surface area (Å²) in [6.07, 6.45) is 1.70. The highest BCUT2D eigenvalue weighted by Gasteiger charge is 2.41. The molecule has 0 aromatic heterocycles. The molecule has 4 rings (SSSR count). The van der Waals surface area contributed by atoms with Crippen molar-refractivity contribution in [2.45, 2.75) is 38.3 Å². The van der Waals surface area contributed by atoms with Gasteiger partial charge < -0.3 is 15.0 Å². The van der Waals surface area contributed by atoms with E-state index in [1.807, 2.05) is 17.0 Å². The van der Waals surface area contributed by atoms with Crippen molar-refractivity contribution in [1.82, 2.24) is 10.2 Å². The molecule has 3 atom stereocenters. The molecule has 1 saturated carbocycles. The number of nitrogens with zero attached hydrogens (tertiary/aromatic N) is 1. The molecular weight excluding hydrogens is 367 g/mol. The molecule has 1 heterocycles. The second-order valence-corrected chi connectivity index (χ2v) is 8.24. The van der Waals surface area contributed by atoms with Crippen LogP contribution in [0.15, 0.2) is 48.5 Å². The fourth-order valence-electron chi connectivity index (χ4n) is 4.66. The topological polar surface area (TPSA) is 41.6 Å². The highest BCUT2D eigenvalue weighted by Crippen LogP contribution is 2.41. The van der Waals surface area contributed by atoms with Crippen LogP contribution in [0.1, 0.15) is 35.4 Å². The SMILES string of the molecule is Cc1cccc(CN[C@@H]2C[C@H](C(=O)N3CCOCC3)[C@@H](c3ccc(F)cc3)C2)c1. The summed E-state index contributed by atoms with van der Waals surface area (Å²) in [5.74, 6) is 0.00827. The lowest BCUT2D eigenvalue weighted by Crippen LogP contribution is -2.44. The van der Waals surface area contributed by atoms with E-state index < -0.39 is 0 Å². The number of carbonyl (C=O) groups is 1. The first kappa shape index (κ1) is 20.0. The summed E-state index contributed by atoms with van der Waals surface area (Å²) >= 11 is 0. The molecule has 0 spiro atoms. The monoisotopic (exact) mass is 396 g/mol. The number of rotatable bonds is 5. The van der Waals surface area contributed by atoms with E-state index in [9.17, 15) is 9.18 Å². The van der Waals surface area contributed by atoms with Crippen LogP contribution in [0, 0.1) is 18.7 Å². The van der Waals surface area contributed by atoms with Crippen molar-refractivity contribution >= 4 is 5.91 Å². The normalized spacial score (nSPS) is 24.6. The maximum Gasteiger partial charge on any atom is 0.226 e. The van der Waals surface area contributed by atoms with E-state index in [0.717, 1.165) is 24.9 Å². The van der Waals surface area contributed by atoms with E-state index in [2.05, 4.69) is 36.5 Å². The molecular formula is C24H29FN2O2. The van der Waals surface area contributed by atoms with Gasteiger partial charge in [0.15, 0.2) is 0 Å². The lowest BCUT2D eigenvalue weighted by Gasteiger charge is -2.31. The van der Waals surface area contributed by atoms with Crippen LogP contribution in [0.5, 0.6) is 0 Å². The Labute approximate surface area is 172 Å². The third-order valence-electron chi connectivity index (χ3n) is 6.18. The van der Waals surface area contributed by atoms with E-state index in [1.165, 1.54) is 23.3 Å². The van der Waals surface area contributed by atoms with E-state index in [0.29, 0.717) is 26.3 Å². The van der Waals surface area contributed by atoms with Gasteiger partial charge in [-0.3, -0.25) is 4.79 Å². The van der Waals surface area contributed by atoms with Crippen molar-refractivity contribution in [1.29, 1.82) is 0 Å². The van der Waals surface area contributed by atoms with Crippen LogP contribution in [0.2, 0.25) is 0 Å². The molecule has 2 fully saturated rings. The van der Waals surface area contributed by atoms with Crippen molar-refractivity contribution in [2.24, 2.45) is 5.92 Å². The van der Waals surface area contributed by atoms with E-state index in [-0.39, 0.29) is 29.6 Å². The summed E-state index contributed by atoms with van der Waals surface area (Å²) < 4.78 is 18.8. The summed E-state index contributed by atoms with van der Waals surface area (Å²) in [4.78, 5) is 15.2. The van der Waals surface area contributed by atoms with Crippen LogP contribution >= 0.6 is 0 Å². The predicted molar refractivity (Wildman–Crippen MR) is 111 cm³/mol. The molecule has 1 N–H and O–H groups in total. The molecule has 2 aromatic carbocycles. The Hall–Kier alpha value is -2.24. The Bertz CT molecular complexity index is 833. The highest BCUT2D eigenvalue weighted by molar-refractivity contribution is 5.80. The summed E-state index contributed by atoms with van der Waals surface area (Å²) in [6.45, 7) is 5.42. The minimum Gasteiger partial charge on any atom is -0.378 e. The minimum absolute atomic E-state index is 0.0754. The van der Waals surface area contributed by atoms with Crippen molar-refractivity contribution in [3.8, 4) is 0 Å². The van der Waals surface area contributed by atoms with Crippen LogP contribution in [0.4, 0.5) is 4.39 Å². The number of amides is 1. The van der Waals surface area contributed by atoms with Gasteiger partial charge in [0.2, 0.25) is 5.91 Å². The Morgan fingerprint density at radius 2 is 1.90 bits per heavy atom. The number of aryl methyl sites for hydroxylation is 1. The molecule has 1 amide bonds. The second kappa shape index (κ2) is 9.06. The van der Waals surface area contributed by atoms with E-state index in [4.69, 9.17) is 4.74 Å². The fraction of sp³-hybridized carbons (Fsp3) is 0.458. The average Bonchev–Trinajstić information content (AvgIpc) is 3.17. The van der Waals surface area contributed by atoms with Crippen LogP contribution < -0.4 is 5.32 Å². The van der Waals surface area contributed by atoms with Gasteiger partial charge in [-0.1, -0.05) is 42.0 Å². The molecule has 5 heteroatoms. The zero-order valence-corrected chi connectivity index (χ0v) is 16.9. The van der Waals surface area contributed by atoms with Crippen molar-refractivity contribution < 1.29 is 13.9 Å². The molecule has 29 heavy (non-hydrogen) atoms. The average molecular weight is 397 g/mol. The van der Waals surface area contributed by atoms with Crippen LogP contribution in [-0.4, -0.2) is 43.2 Å². The summed E-state index contributed by atoms with van der Waals surface area (Å²) in [5, 5.41) is 3.65. The molecule has 0 radical (unpaired) electrons. The maximum absolute atomic E-state index is 13.4. The standard InChI is InChI=1S/C24H29FN2O2/c1-17-3-2-4-18(13-17)16-26-21-14-22(19-5-7-20(25)8-6-19)23(15-21)24(28)27-9-11-29-12-10-27/h2-8,13,21-23,26H,9-12,14-16H2,1H3/t21-,22+,23-/m0/s1. The predicted octanol–water partition coefficient (Wildman–Crippen LogP) is 3.64. The smallest absolute Gasteiger partial charge is 0.226 e. The van der Waals surface area contributed by atoms with Gasteiger partial charge in [0.1, 0.15) is 5.82 Å². The number of benzene rings is 2. The molecule has 1 aliphatic carbocycles. The molecule has 2 aromatic rings. The minimum atomic E-state index is -0.239. The molecule has 1 aliphatic heterocycles. The third-order valence-corrected chi connectivity index (χ3v) is 6.18. The number of nitrogens with one attached hydrogen (secondary N) is 1. The molecule has 2 aliphatic rings. The van der Waals surface area contributed by atoms with Gasteiger partial charge in [-0.05, 0) is 48.9 Å². The number of halogens is 1. The number of hydrogen-bond donors (Lipinski definition) is 1. The zero-order valence-electron chi connectivity index (χ0n) is 16.9. The second-order valence-electron chi connectivity index (χ2n) is 8.24. The Kier molecular flexibility index (Phi) is 6.26. The quantitative estimate of drug-likeness (QED) is 0.839. The maximum atomic E-state index is 13.4. The van der Waals surface area contributed by atoms with Gasteiger partial charge in [0.25, 0.3) is 0 Å². The van der Waals surface area contributed by atoms with E-state index in [1.54, 1.807) is 0 Å². The first-order valence-corrected chi connectivity index (χ1v) is 10.5. The van der Waals surface area contributed by atoms with Crippen LogP contribution in [-0.2, 0) is 16.1 Å². The molecule has 1 saturated heterocycles. The van der Waals surface area contributed by atoms with Crippen LogP contribution in [0.25, 0.3) is 0 Å². The molecule has 0 bridgehead atoms. The largest absolute Gasteiger partial charge is 0.378 e. The molecule has 4 nitrogen and oxygen atoms in total. The van der Waals surface area contributed by atoms with Gasteiger partial charge in [-0.25, -0.2) is 4.39 Å². The summed E-state index contributed by atoms with van der Waals surface area (Å²) in [6, 6.07) is 15.4.